The van der Waals surface area contributed by atoms with E-state index in [1.54, 1.807) is 36.4 Å². The van der Waals surface area contributed by atoms with E-state index in [1.807, 2.05) is 12.1 Å². The van der Waals surface area contributed by atoms with E-state index in [0.29, 0.717) is 29.3 Å². The molecule has 0 unspecified atom stereocenters. The van der Waals surface area contributed by atoms with E-state index in [2.05, 4.69) is 5.32 Å². The number of hydrogen-bond acceptors (Lipinski definition) is 3. The van der Waals surface area contributed by atoms with Crippen molar-refractivity contribution >= 4 is 17.7 Å². The number of halogens is 3. The van der Waals surface area contributed by atoms with Crippen LogP contribution in [-0.4, -0.2) is 17.6 Å². The first-order valence-corrected chi connectivity index (χ1v) is 9.01. The molecule has 0 amide bonds. The number of benzene rings is 3. The lowest BCUT2D eigenvalue weighted by atomic mass is 10.1. The third-order valence-corrected chi connectivity index (χ3v) is 4.15. The van der Waals surface area contributed by atoms with Crippen molar-refractivity contribution in [1.29, 1.82) is 0 Å². The smallest absolute Gasteiger partial charge is 0.416 e. The van der Waals surface area contributed by atoms with Crippen LogP contribution in [0.2, 0.25) is 0 Å². The maximum absolute atomic E-state index is 12.6. The molecule has 0 saturated carbocycles. The zero-order chi connectivity index (χ0) is 21.6. The molecular weight excluding hydrogens is 395 g/mol. The minimum Gasteiger partial charge on any atom is -0.478 e. The summed E-state index contributed by atoms with van der Waals surface area (Å²) in [5, 5.41) is 12.3. The first-order valence-electron chi connectivity index (χ1n) is 9.01. The van der Waals surface area contributed by atoms with Gasteiger partial charge in [0.25, 0.3) is 0 Å². The number of nitrogens with one attached hydrogen (secondary N) is 1. The molecule has 0 aromatic heterocycles. The Morgan fingerprint density at radius 3 is 2.43 bits per heavy atom. The maximum atomic E-state index is 12.6. The van der Waals surface area contributed by atoms with E-state index in [-0.39, 0.29) is 5.56 Å². The van der Waals surface area contributed by atoms with Crippen molar-refractivity contribution in [2.45, 2.75) is 6.18 Å². The predicted molar refractivity (Wildman–Crippen MR) is 109 cm³/mol. The minimum atomic E-state index is -4.35. The van der Waals surface area contributed by atoms with E-state index in [1.165, 1.54) is 24.3 Å². The van der Waals surface area contributed by atoms with E-state index in [4.69, 9.17) is 9.84 Å². The van der Waals surface area contributed by atoms with Crippen LogP contribution in [0.25, 0.3) is 6.08 Å². The quantitative estimate of drug-likeness (QED) is 0.476. The van der Waals surface area contributed by atoms with Gasteiger partial charge in [0.15, 0.2) is 5.75 Å². The van der Waals surface area contributed by atoms with Crippen LogP contribution < -0.4 is 10.1 Å². The van der Waals surface area contributed by atoms with Crippen molar-refractivity contribution in [3.63, 3.8) is 0 Å². The predicted octanol–water partition coefficient (Wildman–Crippen LogP) is 6.32. The molecule has 3 aromatic carbocycles. The number of aromatic carboxylic acids is 1. The monoisotopic (exact) mass is 413 g/mol. The van der Waals surface area contributed by atoms with Crippen molar-refractivity contribution < 1.29 is 27.8 Å². The van der Waals surface area contributed by atoms with E-state index >= 15 is 0 Å². The second-order valence-electron chi connectivity index (χ2n) is 6.33. The molecule has 154 valence electrons. The van der Waals surface area contributed by atoms with Gasteiger partial charge in [0.2, 0.25) is 0 Å². The van der Waals surface area contributed by atoms with Crippen molar-refractivity contribution in [2.75, 3.05) is 11.9 Å². The molecule has 7 heteroatoms. The second-order valence-corrected chi connectivity index (χ2v) is 6.33. The van der Waals surface area contributed by atoms with Crippen molar-refractivity contribution in [2.24, 2.45) is 0 Å². The normalized spacial score (nSPS) is 11.4. The Balaban J connectivity index is 1.63. The third-order valence-electron chi connectivity index (χ3n) is 4.15. The van der Waals surface area contributed by atoms with Gasteiger partial charge in [-0.25, -0.2) is 4.79 Å². The second kappa shape index (κ2) is 9.17. The van der Waals surface area contributed by atoms with Gasteiger partial charge in [-0.05, 0) is 48.0 Å². The van der Waals surface area contributed by atoms with Gasteiger partial charge < -0.3 is 15.2 Å². The van der Waals surface area contributed by atoms with Gasteiger partial charge in [0.1, 0.15) is 5.75 Å². The topological polar surface area (TPSA) is 58.6 Å². The summed E-state index contributed by atoms with van der Waals surface area (Å²) in [7, 11) is 0. The molecule has 30 heavy (non-hydrogen) atoms. The Morgan fingerprint density at radius 2 is 1.73 bits per heavy atom. The number of carbonyl (C=O) groups is 1. The fraction of sp³-hybridized carbons (Fsp3) is 0.0870. The Labute approximate surface area is 171 Å². The highest BCUT2D eigenvalue weighted by molar-refractivity contribution is 5.88. The fourth-order valence-corrected chi connectivity index (χ4v) is 2.67. The molecule has 3 rings (SSSR count). The molecule has 0 atom stereocenters. The lowest BCUT2D eigenvalue weighted by molar-refractivity contribution is -0.137. The molecule has 0 radical (unpaired) electrons. The Kier molecular flexibility index (Phi) is 6.41. The summed E-state index contributed by atoms with van der Waals surface area (Å²) in [5.41, 5.74) is 0.781. The van der Waals surface area contributed by atoms with Crippen molar-refractivity contribution in [1.82, 2.24) is 0 Å². The molecule has 3 aromatic rings. The summed E-state index contributed by atoms with van der Waals surface area (Å²) in [4.78, 5) is 11.1. The van der Waals surface area contributed by atoms with Crippen LogP contribution in [0, 0.1) is 0 Å². The van der Waals surface area contributed by atoms with Gasteiger partial charge in [-0.1, -0.05) is 42.5 Å². The average molecular weight is 413 g/mol. The van der Waals surface area contributed by atoms with Crippen LogP contribution in [0.5, 0.6) is 11.5 Å². The van der Waals surface area contributed by atoms with Crippen molar-refractivity contribution in [3.8, 4) is 11.5 Å². The molecule has 4 nitrogen and oxygen atoms in total. The molecule has 0 aliphatic carbocycles. The van der Waals surface area contributed by atoms with Crippen molar-refractivity contribution in [3.05, 3.63) is 95.6 Å². The molecular formula is C23H18F3NO3. The number of hydrogen-bond donors (Lipinski definition) is 2. The van der Waals surface area contributed by atoms with Gasteiger partial charge in [0.05, 0.1) is 16.8 Å². The van der Waals surface area contributed by atoms with Crippen LogP contribution in [0.15, 0.2) is 78.9 Å². The summed E-state index contributed by atoms with van der Waals surface area (Å²) >= 11 is 0. The van der Waals surface area contributed by atoms with Gasteiger partial charge in [-0.3, -0.25) is 0 Å². The van der Waals surface area contributed by atoms with Gasteiger partial charge in [-0.2, -0.15) is 13.2 Å². The van der Waals surface area contributed by atoms with Gasteiger partial charge >= 0.3 is 12.1 Å². The van der Waals surface area contributed by atoms with E-state index < -0.39 is 17.7 Å². The van der Waals surface area contributed by atoms with Crippen LogP contribution in [0.1, 0.15) is 21.5 Å². The van der Waals surface area contributed by atoms with Gasteiger partial charge in [0, 0.05) is 6.54 Å². The number of ether oxygens (including phenoxy) is 1. The summed E-state index contributed by atoms with van der Waals surface area (Å²) in [6.45, 7) is 0.413. The SMILES string of the molecule is O=C(O)c1cccc(Oc2ccccc2NC/C=C/c2ccc(C(F)(F)F)cc2)c1. The molecule has 0 spiro atoms. The first-order chi connectivity index (χ1) is 14.3. The Bertz CT molecular complexity index is 1040. The maximum Gasteiger partial charge on any atom is 0.416 e. The summed E-state index contributed by atoms with van der Waals surface area (Å²) in [5.74, 6) is -0.132. The molecule has 0 heterocycles. The summed E-state index contributed by atoms with van der Waals surface area (Å²) in [6.07, 6.45) is -0.852. The fourth-order valence-electron chi connectivity index (χ4n) is 2.67. The Hall–Kier alpha value is -3.74. The summed E-state index contributed by atoms with van der Waals surface area (Å²) in [6, 6.07) is 18.2. The number of carboxylic acid groups (broad SMARTS) is 1. The van der Waals surface area contributed by atoms with Gasteiger partial charge in [-0.15, -0.1) is 0 Å². The van der Waals surface area contributed by atoms with Crippen LogP contribution in [0.4, 0.5) is 18.9 Å². The van der Waals surface area contributed by atoms with E-state index in [0.717, 1.165) is 12.1 Å². The number of alkyl halides is 3. The van der Waals surface area contributed by atoms with Crippen LogP contribution in [-0.2, 0) is 6.18 Å². The number of rotatable bonds is 7. The average Bonchev–Trinajstić information content (AvgIpc) is 2.72. The van der Waals surface area contributed by atoms with E-state index in [9.17, 15) is 18.0 Å². The molecule has 2 N–H and O–H groups in total. The Morgan fingerprint density at radius 1 is 1.00 bits per heavy atom. The zero-order valence-electron chi connectivity index (χ0n) is 15.7. The highest BCUT2D eigenvalue weighted by Gasteiger charge is 2.29. The minimum absolute atomic E-state index is 0.123. The van der Waals surface area contributed by atoms with Crippen LogP contribution in [0.3, 0.4) is 0 Å². The molecule has 0 bridgehead atoms. The third kappa shape index (κ3) is 5.64. The standard InChI is InChI=1S/C23H18F3NO3/c24-23(25,26)18-12-10-16(11-13-18)5-4-14-27-20-8-1-2-9-21(20)30-19-7-3-6-17(15-19)22(28)29/h1-13,15,27H,14H2,(H,28,29)/b5-4+. The number of carboxylic acids is 1. The lowest BCUT2D eigenvalue weighted by Crippen LogP contribution is -2.04. The largest absolute Gasteiger partial charge is 0.478 e. The highest BCUT2D eigenvalue weighted by atomic mass is 19.4. The highest BCUT2D eigenvalue weighted by Crippen LogP contribution is 2.30. The molecule has 0 aliphatic rings. The molecule has 0 saturated heterocycles. The first kappa shape index (κ1) is 21.0. The number of anilines is 1. The molecule has 0 aliphatic heterocycles. The number of para-hydroxylation sites is 2. The van der Waals surface area contributed by atoms with Crippen LogP contribution >= 0.6 is 0 Å². The zero-order valence-corrected chi connectivity index (χ0v) is 15.7. The lowest BCUT2D eigenvalue weighted by Gasteiger charge is -2.12. The molecule has 0 fully saturated rings. The summed E-state index contributed by atoms with van der Waals surface area (Å²) < 4.78 is 43.6.